The maximum atomic E-state index is 9.23. The van der Waals surface area contributed by atoms with Gasteiger partial charge < -0.3 is 10.4 Å². The highest BCUT2D eigenvalue weighted by Gasteiger charge is 2.41. The van der Waals surface area contributed by atoms with Gasteiger partial charge in [-0.05, 0) is 56.6 Å². The maximum Gasteiger partial charge on any atom is 0.115 e. The van der Waals surface area contributed by atoms with E-state index in [0.29, 0.717) is 16.5 Å². The molecule has 0 bridgehead atoms. The summed E-state index contributed by atoms with van der Waals surface area (Å²) < 4.78 is 0.548. The van der Waals surface area contributed by atoms with Gasteiger partial charge in [0.25, 0.3) is 0 Å². The molecule has 0 aromatic heterocycles. The number of phenolic OH excluding ortho intramolecular Hbond substituents is 1. The van der Waals surface area contributed by atoms with Crippen molar-refractivity contribution in [2.75, 3.05) is 12.8 Å². The van der Waals surface area contributed by atoms with Gasteiger partial charge in [0.05, 0.1) is 0 Å². The van der Waals surface area contributed by atoms with Gasteiger partial charge in [0.2, 0.25) is 0 Å². The van der Waals surface area contributed by atoms with E-state index in [4.69, 9.17) is 0 Å². The Morgan fingerprint density at radius 3 is 2.56 bits per heavy atom. The van der Waals surface area contributed by atoms with E-state index in [9.17, 15) is 5.11 Å². The average Bonchev–Trinajstić information content (AvgIpc) is 3.16. The van der Waals surface area contributed by atoms with Gasteiger partial charge in [-0.15, -0.1) is 0 Å². The van der Waals surface area contributed by atoms with Gasteiger partial charge >= 0.3 is 0 Å². The Labute approximate surface area is 114 Å². The molecule has 2 nitrogen and oxygen atoms in total. The molecule has 0 heterocycles. The number of aromatic hydroxyl groups is 1. The van der Waals surface area contributed by atoms with Crippen LogP contribution in [0.1, 0.15) is 31.7 Å². The molecule has 0 amide bonds. The quantitative estimate of drug-likeness (QED) is 0.794. The van der Waals surface area contributed by atoms with Crippen molar-refractivity contribution in [1.29, 1.82) is 0 Å². The number of aryl methyl sites for hydroxylation is 1. The van der Waals surface area contributed by atoms with Crippen molar-refractivity contribution in [2.45, 2.75) is 43.4 Å². The zero-order chi connectivity index (χ0) is 13.0. The van der Waals surface area contributed by atoms with Crippen molar-refractivity contribution in [3.8, 4) is 5.75 Å². The fourth-order valence-corrected chi connectivity index (χ4v) is 2.84. The monoisotopic (exact) mass is 265 g/mol. The second-order valence-electron chi connectivity index (χ2n) is 5.37. The van der Waals surface area contributed by atoms with Crippen molar-refractivity contribution in [3.63, 3.8) is 0 Å². The molecule has 1 aromatic carbocycles. The second kappa shape index (κ2) is 5.98. The lowest BCUT2D eigenvalue weighted by Crippen LogP contribution is -2.33. The number of phenols is 1. The molecule has 1 aliphatic rings. The van der Waals surface area contributed by atoms with Crippen molar-refractivity contribution < 1.29 is 5.11 Å². The van der Waals surface area contributed by atoms with Gasteiger partial charge in [-0.2, -0.15) is 11.8 Å². The predicted molar refractivity (Wildman–Crippen MR) is 79.4 cm³/mol. The summed E-state index contributed by atoms with van der Waals surface area (Å²) in [4.78, 5) is 0. The van der Waals surface area contributed by atoms with Crippen molar-refractivity contribution >= 4 is 11.8 Å². The molecule has 1 atom stereocenters. The summed E-state index contributed by atoms with van der Waals surface area (Å²) in [6, 6.07) is 8.10. The van der Waals surface area contributed by atoms with E-state index in [-0.39, 0.29) is 0 Å². The number of hydrogen-bond donors (Lipinski definition) is 2. The molecule has 1 saturated carbocycles. The summed E-state index contributed by atoms with van der Waals surface area (Å²) in [5.74, 6) is 0.348. The minimum Gasteiger partial charge on any atom is -0.508 e. The van der Waals surface area contributed by atoms with E-state index in [2.05, 4.69) is 18.5 Å². The molecule has 18 heavy (non-hydrogen) atoms. The highest BCUT2D eigenvalue weighted by Crippen LogP contribution is 2.46. The molecule has 0 aliphatic heterocycles. The molecule has 3 heteroatoms. The van der Waals surface area contributed by atoms with Gasteiger partial charge in [-0.1, -0.05) is 12.1 Å². The summed E-state index contributed by atoms with van der Waals surface area (Å²) in [7, 11) is 0. The molecule has 100 valence electrons. The molecule has 0 spiro atoms. The first-order valence-electron chi connectivity index (χ1n) is 6.70. The Kier molecular flexibility index (Phi) is 4.57. The molecule has 0 saturated heterocycles. The third-order valence-electron chi connectivity index (χ3n) is 3.82. The van der Waals surface area contributed by atoms with E-state index in [1.165, 1.54) is 18.4 Å². The highest BCUT2D eigenvalue weighted by molar-refractivity contribution is 8.00. The van der Waals surface area contributed by atoms with E-state index < -0.39 is 0 Å². The first-order chi connectivity index (χ1) is 8.63. The first-order valence-corrected chi connectivity index (χ1v) is 7.92. The van der Waals surface area contributed by atoms with Crippen LogP contribution in [0.2, 0.25) is 0 Å². The van der Waals surface area contributed by atoms with Crippen molar-refractivity contribution in [1.82, 2.24) is 5.32 Å². The molecule has 1 aliphatic carbocycles. The molecule has 1 unspecified atom stereocenters. The second-order valence-corrected chi connectivity index (χ2v) is 6.65. The van der Waals surface area contributed by atoms with Gasteiger partial charge in [0.15, 0.2) is 0 Å². The first kappa shape index (κ1) is 13.8. The molecule has 0 radical (unpaired) electrons. The van der Waals surface area contributed by atoms with Crippen molar-refractivity contribution in [2.24, 2.45) is 0 Å². The Morgan fingerprint density at radius 2 is 2.00 bits per heavy atom. The minimum atomic E-state index is 0.348. The van der Waals surface area contributed by atoms with Gasteiger partial charge in [0, 0.05) is 17.3 Å². The summed E-state index contributed by atoms with van der Waals surface area (Å²) in [6.45, 7) is 3.40. The Hall–Kier alpha value is -0.670. The minimum absolute atomic E-state index is 0.348. The Morgan fingerprint density at radius 1 is 1.33 bits per heavy atom. The SMILES string of the molecule is CSC1(CNC(C)CCc2ccc(O)cc2)CC1. The van der Waals surface area contributed by atoms with Gasteiger partial charge in [-0.3, -0.25) is 0 Å². The summed E-state index contributed by atoms with van der Waals surface area (Å²) in [5, 5.41) is 12.9. The van der Waals surface area contributed by atoms with E-state index in [0.717, 1.165) is 19.4 Å². The lowest BCUT2D eigenvalue weighted by atomic mass is 10.1. The zero-order valence-electron chi connectivity index (χ0n) is 11.3. The standard InChI is InChI=1S/C15H23NOS/c1-12(16-11-15(18-2)9-10-15)3-4-13-5-7-14(17)8-6-13/h5-8,12,16-17H,3-4,9-11H2,1-2H3. The largest absolute Gasteiger partial charge is 0.508 e. The van der Waals surface area contributed by atoms with Crippen LogP contribution in [0.5, 0.6) is 5.75 Å². The van der Waals surface area contributed by atoms with Gasteiger partial charge in [0.1, 0.15) is 5.75 Å². The van der Waals surface area contributed by atoms with Crippen LogP contribution in [0.3, 0.4) is 0 Å². The van der Waals surface area contributed by atoms with Gasteiger partial charge in [-0.25, -0.2) is 0 Å². The summed E-state index contributed by atoms with van der Waals surface area (Å²) >= 11 is 2.01. The van der Waals surface area contributed by atoms with Crippen LogP contribution < -0.4 is 5.32 Å². The average molecular weight is 265 g/mol. The molecule has 2 N–H and O–H groups in total. The third kappa shape index (κ3) is 3.92. The van der Waals surface area contributed by atoms with Crippen LogP contribution in [-0.2, 0) is 6.42 Å². The van der Waals surface area contributed by atoms with Crippen LogP contribution in [0, 0.1) is 0 Å². The van der Waals surface area contributed by atoms with Crippen LogP contribution in [-0.4, -0.2) is 28.7 Å². The number of thioether (sulfide) groups is 1. The molecule has 1 aromatic rings. The van der Waals surface area contributed by atoms with Crippen LogP contribution in [0.25, 0.3) is 0 Å². The number of nitrogens with one attached hydrogen (secondary N) is 1. The van der Waals surface area contributed by atoms with E-state index >= 15 is 0 Å². The maximum absolute atomic E-state index is 9.23. The Balaban J connectivity index is 1.68. The molecular weight excluding hydrogens is 242 g/mol. The number of benzene rings is 1. The molecular formula is C15H23NOS. The number of hydrogen-bond acceptors (Lipinski definition) is 3. The zero-order valence-corrected chi connectivity index (χ0v) is 12.1. The third-order valence-corrected chi connectivity index (χ3v) is 5.23. The predicted octanol–water partition coefficient (Wildman–Crippen LogP) is 3.20. The Bertz CT molecular complexity index is 373. The summed E-state index contributed by atoms with van der Waals surface area (Å²) in [5.41, 5.74) is 1.30. The van der Waals surface area contributed by atoms with Crippen molar-refractivity contribution in [3.05, 3.63) is 29.8 Å². The van der Waals surface area contributed by atoms with Crippen LogP contribution in [0.4, 0.5) is 0 Å². The molecule has 1 fully saturated rings. The normalized spacial score (nSPS) is 18.6. The highest BCUT2D eigenvalue weighted by atomic mass is 32.2. The number of rotatable bonds is 7. The smallest absolute Gasteiger partial charge is 0.115 e. The lowest BCUT2D eigenvalue weighted by Gasteiger charge is -2.18. The molecule has 2 rings (SSSR count). The van der Waals surface area contributed by atoms with Crippen LogP contribution >= 0.6 is 11.8 Å². The topological polar surface area (TPSA) is 32.3 Å². The van der Waals surface area contributed by atoms with E-state index in [1.54, 1.807) is 12.1 Å². The van der Waals surface area contributed by atoms with E-state index in [1.807, 2.05) is 23.9 Å². The summed E-state index contributed by atoms with van der Waals surface area (Å²) in [6.07, 6.45) is 7.17. The fraction of sp³-hybridized carbons (Fsp3) is 0.600. The fourth-order valence-electron chi connectivity index (χ4n) is 2.10. The van der Waals surface area contributed by atoms with Crippen LogP contribution in [0.15, 0.2) is 24.3 Å². The lowest BCUT2D eigenvalue weighted by molar-refractivity contribution is 0.474.